The average Bonchev–Trinajstić information content (AvgIpc) is 2.24. The number of amides is 1. The van der Waals surface area contributed by atoms with Crippen LogP contribution in [0.2, 0.25) is 0 Å². The third-order valence-corrected chi connectivity index (χ3v) is 1.99. The first-order chi connectivity index (χ1) is 8.35. The van der Waals surface area contributed by atoms with Gasteiger partial charge in [-0.25, -0.2) is 9.18 Å². The molecule has 0 atom stereocenters. The molecule has 1 aromatic carbocycles. The lowest BCUT2D eigenvalue weighted by molar-refractivity contribution is 0.0583. The van der Waals surface area contributed by atoms with E-state index in [1.165, 1.54) is 18.2 Å². The number of ether oxygens (including phenoxy) is 1. The van der Waals surface area contributed by atoms with Crippen molar-refractivity contribution in [1.29, 1.82) is 5.26 Å². The van der Waals surface area contributed by atoms with Crippen molar-refractivity contribution in [1.82, 2.24) is 0 Å². The second kappa shape index (κ2) is 5.50. The number of nitrogens with zero attached hydrogens (tertiary/aromatic N) is 2. The third kappa shape index (κ3) is 3.74. The van der Waals surface area contributed by atoms with Crippen LogP contribution in [0.3, 0.4) is 0 Å². The summed E-state index contributed by atoms with van der Waals surface area (Å²) in [6, 6.07) is 7.57. The van der Waals surface area contributed by atoms with Crippen molar-refractivity contribution in [2.24, 2.45) is 0 Å². The van der Waals surface area contributed by atoms with Gasteiger partial charge < -0.3 is 4.74 Å². The first-order valence-corrected chi connectivity index (χ1v) is 5.47. The summed E-state index contributed by atoms with van der Waals surface area (Å²) in [4.78, 5) is 12.9. The summed E-state index contributed by atoms with van der Waals surface area (Å²) in [5.74, 6) is -0.571. The van der Waals surface area contributed by atoms with Crippen molar-refractivity contribution < 1.29 is 13.9 Å². The maximum Gasteiger partial charge on any atom is 0.415 e. The van der Waals surface area contributed by atoms with Crippen LogP contribution in [0.15, 0.2) is 24.3 Å². The molecule has 0 saturated heterocycles. The summed E-state index contributed by atoms with van der Waals surface area (Å²) >= 11 is 0. The van der Waals surface area contributed by atoms with E-state index in [0.29, 0.717) is 0 Å². The Labute approximate surface area is 106 Å². The Bertz CT molecular complexity index is 475. The minimum absolute atomic E-state index is 0.0355. The summed E-state index contributed by atoms with van der Waals surface area (Å²) in [6.07, 6.45) is -0.742. The highest BCUT2D eigenvalue weighted by atomic mass is 19.1. The Morgan fingerprint density at radius 1 is 1.44 bits per heavy atom. The SMILES string of the molecule is CC(C)(C)OC(=O)N(CC#N)c1ccccc1F. The number of hydrogen-bond acceptors (Lipinski definition) is 3. The number of carbonyl (C=O) groups excluding carboxylic acids is 1. The van der Waals surface area contributed by atoms with E-state index in [1.807, 2.05) is 6.07 Å². The molecule has 96 valence electrons. The molecule has 0 spiro atoms. The Morgan fingerprint density at radius 3 is 2.56 bits per heavy atom. The van der Waals surface area contributed by atoms with Gasteiger partial charge in [-0.15, -0.1) is 0 Å². The van der Waals surface area contributed by atoms with Gasteiger partial charge in [0.05, 0.1) is 11.8 Å². The predicted molar refractivity (Wildman–Crippen MR) is 65.6 cm³/mol. The minimum atomic E-state index is -0.742. The van der Waals surface area contributed by atoms with E-state index < -0.39 is 17.5 Å². The number of hydrogen-bond donors (Lipinski definition) is 0. The highest BCUT2D eigenvalue weighted by molar-refractivity contribution is 5.88. The maximum atomic E-state index is 13.6. The second-order valence-electron chi connectivity index (χ2n) is 4.68. The number of anilines is 1. The highest BCUT2D eigenvalue weighted by Crippen LogP contribution is 2.21. The fourth-order valence-corrected chi connectivity index (χ4v) is 1.31. The molecule has 0 aliphatic rings. The van der Waals surface area contributed by atoms with Gasteiger partial charge in [0, 0.05) is 0 Å². The molecule has 18 heavy (non-hydrogen) atoms. The number of nitriles is 1. The highest BCUT2D eigenvalue weighted by Gasteiger charge is 2.24. The van der Waals surface area contributed by atoms with E-state index in [0.717, 1.165) is 4.90 Å². The molecule has 4 nitrogen and oxygen atoms in total. The molecule has 0 aromatic heterocycles. The summed E-state index contributed by atoms with van der Waals surface area (Å²) in [7, 11) is 0. The molecular weight excluding hydrogens is 235 g/mol. The van der Waals surface area contributed by atoms with E-state index in [1.54, 1.807) is 26.8 Å². The molecule has 0 saturated carbocycles. The van der Waals surface area contributed by atoms with Gasteiger partial charge >= 0.3 is 6.09 Å². The van der Waals surface area contributed by atoms with Gasteiger partial charge in [0.1, 0.15) is 18.0 Å². The van der Waals surface area contributed by atoms with Gasteiger partial charge in [-0.2, -0.15) is 5.26 Å². The molecule has 0 aliphatic carbocycles. The van der Waals surface area contributed by atoms with Crippen LogP contribution in [-0.2, 0) is 4.74 Å². The summed E-state index contributed by atoms with van der Waals surface area (Å²) in [5, 5.41) is 8.71. The number of rotatable bonds is 2. The van der Waals surface area contributed by atoms with E-state index in [2.05, 4.69) is 0 Å². The van der Waals surface area contributed by atoms with Gasteiger partial charge in [0.25, 0.3) is 0 Å². The Hall–Kier alpha value is -2.09. The standard InChI is InChI=1S/C13H15FN2O2/c1-13(2,3)18-12(17)16(9-8-15)11-7-5-4-6-10(11)14/h4-7H,9H2,1-3H3. The first-order valence-electron chi connectivity index (χ1n) is 5.47. The maximum absolute atomic E-state index is 13.6. The van der Waals surface area contributed by atoms with Crippen LogP contribution in [0, 0.1) is 17.1 Å². The number of halogens is 1. The molecule has 1 amide bonds. The molecule has 0 radical (unpaired) electrons. The molecule has 0 fully saturated rings. The first kappa shape index (κ1) is 14.0. The topological polar surface area (TPSA) is 53.3 Å². The van der Waals surface area contributed by atoms with Crippen molar-refractivity contribution >= 4 is 11.8 Å². The van der Waals surface area contributed by atoms with Gasteiger partial charge in [0.15, 0.2) is 0 Å². The van der Waals surface area contributed by atoms with Crippen molar-refractivity contribution in [3.05, 3.63) is 30.1 Å². The average molecular weight is 250 g/mol. The molecule has 1 aromatic rings. The molecular formula is C13H15FN2O2. The molecule has 0 N–H and O–H groups in total. The van der Waals surface area contributed by atoms with Crippen LogP contribution >= 0.6 is 0 Å². The quantitative estimate of drug-likeness (QED) is 0.758. The van der Waals surface area contributed by atoms with E-state index in [9.17, 15) is 9.18 Å². The zero-order valence-corrected chi connectivity index (χ0v) is 10.6. The van der Waals surface area contributed by atoms with Crippen LogP contribution in [0.5, 0.6) is 0 Å². The summed E-state index contributed by atoms with van der Waals surface area (Å²) in [5.41, 5.74) is -0.663. The predicted octanol–water partition coefficient (Wildman–Crippen LogP) is 3.09. The zero-order valence-electron chi connectivity index (χ0n) is 10.6. The number of para-hydroxylation sites is 1. The second-order valence-corrected chi connectivity index (χ2v) is 4.68. The van der Waals surface area contributed by atoms with Crippen LogP contribution in [0.4, 0.5) is 14.9 Å². The fraction of sp³-hybridized carbons (Fsp3) is 0.385. The molecule has 0 aliphatic heterocycles. The Balaban J connectivity index is 3.01. The number of carbonyl (C=O) groups is 1. The third-order valence-electron chi connectivity index (χ3n) is 1.99. The Morgan fingerprint density at radius 2 is 2.06 bits per heavy atom. The molecule has 1 rings (SSSR count). The smallest absolute Gasteiger partial charge is 0.415 e. The van der Waals surface area contributed by atoms with Gasteiger partial charge in [-0.1, -0.05) is 12.1 Å². The molecule has 0 unspecified atom stereocenters. The summed E-state index contributed by atoms with van der Waals surface area (Å²) < 4.78 is 18.7. The lowest BCUT2D eigenvalue weighted by Gasteiger charge is -2.26. The molecule has 5 heteroatoms. The van der Waals surface area contributed by atoms with E-state index in [-0.39, 0.29) is 12.2 Å². The lowest BCUT2D eigenvalue weighted by Crippen LogP contribution is -2.37. The number of benzene rings is 1. The Kier molecular flexibility index (Phi) is 4.27. The summed E-state index contributed by atoms with van der Waals surface area (Å²) in [6.45, 7) is 4.85. The molecule has 0 heterocycles. The minimum Gasteiger partial charge on any atom is -0.443 e. The van der Waals surface area contributed by atoms with E-state index >= 15 is 0 Å². The van der Waals surface area contributed by atoms with Crippen LogP contribution in [-0.4, -0.2) is 18.2 Å². The van der Waals surface area contributed by atoms with Gasteiger partial charge in [-0.3, -0.25) is 4.90 Å². The fourth-order valence-electron chi connectivity index (χ4n) is 1.31. The molecule has 0 bridgehead atoms. The van der Waals surface area contributed by atoms with Gasteiger partial charge in [-0.05, 0) is 32.9 Å². The van der Waals surface area contributed by atoms with Gasteiger partial charge in [0.2, 0.25) is 0 Å². The van der Waals surface area contributed by atoms with Crippen molar-refractivity contribution in [2.75, 3.05) is 11.4 Å². The van der Waals surface area contributed by atoms with Crippen molar-refractivity contribution in [2.45, 2.75) is 26.4 Å². The monoisotopic (exact) mass is 250 g/mol. The zero-order chi connectivity index (χ0) is 13.8. The van der Waals surface area contributed by atoms with Crippen LogP contribution in [0.25, 0.3) is 0 Å². The van der Waals surface area contributed by atoms with E-state index in [4.69, 9.17) is 10.00 Å². The largest absolute Gasteiger partial charge is 0.443 e. The van der Waals surface area contributed by atoms with Crippen molar-refractivity contribution in [3.63, 3.8) is 0 Å². The normalized spacial score (nSPS) is 10.6. The lowest BCUT2D eigenvalue weighted by atomic mass is 10.2. The van der Waals surface area contributed by atoms with Crippen molar-refractivity contribution in [3.8, 4) is 6.07 Å². The van der Waals surface area contributed by atoms with Crippen LogP contribution in [0.1, 0.15) is 20.8 Å². The van der Waals surface area contributed by atoms with Crippen LogP contribution < -0.4 is 4.90 Å².